The van der Waals surface area contributed by atoms with Crippen LogP contribution in [0.15, 0.2) is 42.7 Å². The van der Waals surface area contributed by atoms with Crippen LogP contribution < -0.4 is 35.6 Å². The summed E-state index contributed by atoms with van der Waals surface area (Å²) in [5.74, 6) is 1.63. The summed E-state index contributed by atoms with van der Waals surface area (Å²) in [5.41, 5.74) is 12.1. The number of aryl methyl sites for hydroxylation is 1. The van der Waals surface area contributed by atoms with E-state index in [4.69, 9.17) is 15.2 Å². The fourth-order valence-corrected chi connectivity index (χ4v) is 6.77. The number of carbonyl (C=O) groups is 2. The standard InChI is InChI=1S/C33H44N8O4/c1-38-21-23(19-35-38)25-17-26(34)30(44-2)18-29(25)40-10-8-22(9-11-40)20-39-12-14-41(15-13-39)28-6-4-24(16-31(28)45-3)36-27-5-7-32(42)37-33(27)43/h4,6,16-19,21-22,27,36H,5,7-15,20,34H2,1-3H3,(H,37,42,43). The van der Waals surface area contributed by atoms with Crippen LogP contribution in [0, 0.1) is 5.92 Å². The zero-order valence-electron chi connectivity index (χ0n) is 26.4. The van der Waals surface area contributed by atoms with Crippen molar-refractivity contribution in [3.63, 3.8) is 0 Å². The Bertz CT molecular complexity index is 1520. The first kappa shape index (κ1) is 30.6. The number of ether oxygens (including phenoxy) is 2. The number of nitrogens with two attached hydrogens (primary N) is 1. The molecule has 2 aromatic carbocycles. The second-order valence-corrected chi connectivity index (χ2v) is 12.3. The first-order chi connectivity index (χ1) is 21.8. The lowest BCUT2D eigenvalue weighted by Crippen LogP contribution is -2.49. The van der Waals surface area contributed by atoms with Crippen LogP contribution in [-0.2, 0) is 16.6 Å². The zero-order chi connectivity index (χ0) is 31.5. The molecule has 45 heavy (non-hydrogen) atoms. The second-order valence-electron chi connectivity index (χ2n) is 12.3. The molecule has 3 fully saturated rings. The molecule has 0 saturated carbocycles. The van der Waals surface area contributed by atoms with E-state index in [0.717, 1.165) is 92.6 Å². The number of hydrogen-bond donors (Lipinski definition) is 3. The Labute approximate surface area is 264 Å². The molecule has 1 aromatic heterocycles. The van der Waals surface area contributed by atoms with Gasteiger partial charge in [0.1, 0.15) is 17.5 Å². The van der Waals surface area contributed by atoms with Crippen LogP contribution in [0.2, 0.25) is 0 Å². The van der Waals surface area contributed by atoms with Crippen LogP contribution >= 0.6 is 0 Å². The van der Waals surface area contributed by atoms with Gasteiger partial charge in [-0.2, -0.15) is 5.10 Å². The summed E-state index contributed by atoms with van der Waals surface area (Å²) in [5, 5.41) is 10.0. The van der Waals surface area contributed by atoms with Crippen molar-refractivity contribution in [2.24, 2.45) is 13.0 Å². The van der Waals surface area contributed by atoms with E-state index in [2.05, 4.69) is 42.6 Å². The molecule has 12 heteroatoms. The largest absolute Gasteiger partial charge is 0.495 e. The molecule has 0 bridgehead atoms. The number of amides is 2. The molecule has 3 aromatic rings. The van der Waals surface area contributed by atoms with Gasteiger partial charge in [0.2, 0.25) is 11.8 Å². The molecule has 4 N–H and O–H groups in total. The molecule has 240 valence electrons. The lowest BCUT2D eigenvalue weighted by molar-refractivity contribution is -0.133. The number of benzene rings is 2. The van der Waals surface area contributed by atoms with Crippen LogP contribution in [0.5, 0.6) is 11.5 Å². The first-order valence-electron chi connectivity index (χ1n) is 15.8. The molecular weight excluding hydrogens is 572 g/mol. The molecule has 1 atom stereocenters. The second kappa shape index (κ2) is 13.3. The summed E-state index contributed by atoms with van der Waals surface area (Å²) in [6.45, 7) is 6.93. The number of imide groups is 1. The normalized spacial score (nSPS) is 19.8. The molecule has 12 nitrogen and oxygen atoms in total. The lowest BCUT2D eigenvalue weighted by Gasteiger charge is -2.40. The highest BCUT2D eigenvalue weighted by molar-refractivity contribution is 6.01. The van der Waals surface area contributed by atoms with E-state index < -0.39 is 6.04 Å². The van der Waals surface area contributed by atoms with Gasteiger partial charge in [0, 0.05) is 100 Å². The molecule has 3 aliphatic rings. The topological polar surface area (TPSA) is 130 Å². The van der Waals surface area contributed by atoms with Crippen LogP contribution in [0.25, 0.3) is 11.1 Å². The quantitative estimate of drug-likeness (QED) is 0.244. The summed E-state index contributed by atoms with van der Waals surface area (Å²) >= 11 is 0. The maximum Gasteiger partial charge on any atom is 0.249 e. The van der Waals surface area contributed by atoms with Crippen molar-refractivity contribution < 1.29 is 19.1 Å². The van der Waals surface area contributed by atoms with E-state index in [9.17, 15) is 9.59 Å². The summed E-state index contributed by atoms with van der Waals surface area (Å²) in [6.07, 6.45) is 7.01. The molecule has 0 radical (unpaired) electrons. The molecule has 6 rings (SSSR count). The maximum absolute atomic E-state index is 12.2. The van der Waals surface area contributed by atoms with Gasteiger partial charge in [-0.15, -0.1) is 0 Å². The SMILES string of the molecule is COc1cc(N2CCC(CN3CCN(c4ccc(NC5CCC(=O)NC5=O)cc4OC)CC3)CC2)c(-c2cnn(C)c2)cc1N. The Morgan fingerprint density at radius 3 is 2.33 bits per heavy atom. The smallest absolute Gasteiger partial charge is 0.249 e. The third-order valence-electron chi connectivity index (χ3n) is 9.31. The monoisotopic (exact) mass is 616 g/mol. The molecule has 3 saturated heterocycles. The molecule has 3 aliphatic heterocycles. The van der Waals surface area contributed by atoms with Crippen LogP contribution in [0.3, 0.4) is 0 Å². The summed E-state index contributed by atoms with van der Waals surface area (Å²) in [4.78, 5) is 31.1. The van der Waals surface area contributed by atoms with E-state index in [-0.39, 0.29) is 11.8 Å². The lowest BCUT2D eigenvalue weighted by atomic mass is 9.94. The summed E-state index contributed by atoms with van der Waals surface area (Å²) < 4.78 is 13.1. The van der Waals surface area contributed by atoms with E-state index in [1.54, 1.807) is 14.2 Å². The minimum Gasteiger partial charge on any atom is -0.495 e. The summed E-state index contributed by atoms with van der Waals surface area (Å²) in [7, 11) is 5.27. The Hall–Kier alpha value is -4.45. The predicted molar refractivity (Wildman–Crippen MR) is 176 cm³/mol. The average molecular weight is 617 g/mol. The average Bonchev–Trinajstić information content (AvgIpc) is 3.49. The number of piperazine rings is 1. The number of nitrogens with zero attached hydrogens (tertiary/aromatic N) is 5. The Balaban J connectivity index is 1.02. The van der Waals surface area contributed by atoms with Gasteiger partial charge in [0.05, 0.1) is 31.8 Å². The highest BCUT2D eigenvalue weighted by Gasteiger charge is 2.28. The van der Waals surface area contributed by atoms with Crippen molar-refractivity contribution in [1.82, 2.24) is 20.0 Å². The number of nitrogens with one attached hydrogen (secondary N) is 2. The molecule has 4 heterocycles. The van der Waals surface area contributed by atoms with Gasteiger partial charge < -0.3 is 30.3 Å². The Morgan fingerprint density at radius 1 is 0.933 bits per heavy atom. The number of carbonyl (C=O) groups excluding carboxylic acids is 2. The minimum absolute atomic E-state index is 0.217. The van der Waals surface area contributed by atoms with Gasteiger partial charge in [0.15, 0.2) is 0 Å². The molecular formula is C33H44N8O4. The van der Waals surface area contributed by atoms with Gasteiger partial charge in [-0.3, -0.25) is 24.5 Å². The number of hydrogen-bond acceptors (Lipinski definition) is 10. The fourth-order valence-electron chi connectivity index (χ4n) is 6.77. The van der Waals surface area contributed by atoms with Crippen molar-refractivity contribution in [2.75, 3.05) is 80.9 Å². The van der Waals surface area contributed by atoms with Gasteiger partial charge in [-0.05, 0) is 43.4 Å². The highest BCUT2D eigenvalue weighted by Crippen LogP contribution is 2.40. The minimum atomic E-state index is -0.425. The zero-order valence-corrected chi connectivity index (χ0v) is 26.4. The van der Waals surface area contributed by atoms with Crippen molar-refractivity contribution in [1.29, 1.82) is 0 Å². The van der Waals surface area contributed by atoms with Crippen LogP contribution in [-0.4, -0.2) is 92.6 Å². The number of anilines is 4. The number of aromatic nitrogens is 2. The fraction of sp³-hybridized carbons (Fsp3) is 0.485. The molecule has 0 aliphatic carbocycles. The van der Waals surface area contributed by atoms with E-state index in [1.807, 2.05) is 42.3 Å². The number of rotatable bonds is 9. The summed E-state index contributed by atoms with van der Waals surface area (Å²) in [6, 6.07) is 9.64. The number of methoxy groups -OCH3 is 2. The number of nitrogen functional groups attached to an aromatic ring is 1. The molecule has 0 spiro atoms. The van der Waals surface area contributed by atoms with Crippen LogP contribution in [0.4, 0.5) is 22.7 Å². The Morgan fingerprint density at radius 2 is 1.67 bits per heavy atom. The van der Waals surface area contributed by atoms with Gasteiger partial charge in [-0.25, -0.2) is 0 Å². The third-order valence-corrected chi connectivity index (χ3v) is 9.31. The predicted octanol–water partition coefficient (Wildman–Crippen LogP) is 2.94. The van der Waals surface area contributed by atoms with E-state index >= 15 is 0 Å². The van der Waals surface area contributed by atoms with Gasteiger partial charge >= 0.3 is 0 Å². The van der Waals surface area contributed by atoms with E-state index in [1.165, 1.54) is 0 Å². The highest BCUT2D eigenvalue weighted by atomic mass is 16.5. The maximum atomic E-state index is 12.2. The third kappa shape index (κ3) is 6.80. The Kier molecular flexibility index (Phi) is 9.02. The van der Waals surface area contributed by atoms with E-state index in [0.29, 0.717) is 30.2 Å². The van der Waals surface area contributed by atoms with Crippen molar-refractivity contribution in [3.05, 3.63) is 42.7 Å². The van der Waals surface area contributed by atoms with Gasteiger partial charge in [-0.1, -0.05) is 0 Å². The first-order valence-corrected chi connectivity index (χ1v) is 15.8. The number of piperidine rings is 2. The molecule has 1 unspecified atom stereocenters. The van der Waals surface area contributed by atoms with Crippen molar-refractivity contribution >= 4 is 34.6 Å². The van der Waals surface area contributed by atoms with Gasteiger partial charge in [0.25, 0.3) is 0 Å². The van der Waals surface area contributed by atoms with Crippen molar-refractivity contribution in [2.45, 2.75) is 31.7 Å². The van der Waals surface area contributed by atoms with Crippen molar-refractivity contribution in [3.8, 4) is 22.6 Å². The van der Waals surface area contributed by atoms with Crippen LogP contribution in [0.1, 0.15) is 25.7 Å². The molecule has 2 amide bonds.